The zero-order valence-corrected chi connectivity index (χ0v) is 16.6. The molecule has 2 aliphatic rings. The maximum atomic E-state index is 5.41. The van der Waals surface area contributed by atoms with Gasteiger partial charge in [0.2, 0.25) is 0 Å². The summed E-state index contributed by atoms with van der Waals surface area (Å²) in [4.78, 5) is 20.8. The molecule has 0 saturated heterocycles. The minimum absolute atomic E-state index is 0.645. The fourth-order valence-electron chi connectivity index (χ4n) is 3.95. The molecule has 0 aromatic carbocycles. The summed E-state index contributed by atoms with van der Waals surface area (Å²) in [5, 5.41) is 4.82. The lowest BCUT2D eigenvalue weighted by Crippen LogP contribution is -2.11. The van der Waals surface area contributed by atoms with Crippen LogP contribution in [-0.4, -0.2) is 39.7 Å². The fourth-order valence-corrected chi connectivity index (χ4v) is 5.21. The maximum absolute atomic E-state index is 5.41. The van der Waals surface area contributed by atoms with Crippen LogP contribution in [0, 0.1) is 0 Å². The van der Waals surface area contributed by atoms with Gasteiger partial charge in [0.15, 0.2) is 5.82 Å². The molecule has 1 aliphatic heterocycles. The zero-order valence-electron chi connectivity index (χ0n) is 15.8. The fraction of sp³-hybridized carbons (Fsp3) is 0.429. The first-order valence-electron chi connectivity index (χ1n) is 9.96. The summed E-state index contributed by atoms with van der Waals surface area (Å²) in [7, 11) is 0. The number of hydrogen-bond donors (Lipinski definition) is 1. The Hall–Kier alpha value is -2.38. The van der Waals surface area contributed by atoms with Crippen LogP contribution >= 0.6 is 11.3 Å². The number of thiophene rings is 1. The highest BCUT2D eigenvalue weighted by molar-refractivity contribution is 7.19. The van der Waals surface area contributed by atoms with Gasteiger partial charge in [-0.3, -0.25) is 4.98 Å². The molecule has 1 N–H and O–H groups in total. The molecule has 0 fully saturated rings. The highest BCUT2D eigenvalue weighted by atomic mass is 32.1. The van der Waals surface area contributed by atoms with Crippen molar-refractivity contribution in [2.75, 3.05) is 25.1 Å². The summed E-state index contributed by atoms with van der Waals surface area (Å²) in [5.41, 5.74) is 3.63. The van der Waals surface area contributed by atoms with Gasteiger partial charge in [-0.2, -0.15) is 0 Å². The van der Waals surface area contributed by atoms with Crippen LogP contribution in [0.4, 0.5) is 5.82 Å². The van der Waals surface area contributed by atoms with Crippen molar-refractivity contribution in [3.63, 3.8) is 0 Å². The second-order valence-electron chi connectivity index (χ2n) is 7.24. The zero-order chi connectivity index (χ0) is 18.8. The monoisotopic (exact) mass is 393 g/mol. The van der Waals surface area contributed by atoms with E-state index in [4.69, 9.17) is 14.7 Å². The van der Waals surface area contributed by atoms with E-state index in [1.54, 1.807) is 18.6 Å². The van der Waals surface area contributed by atoms with E-state index >= 15 is 0 Å². The molecule has 6 nitrogen and oxygen atoms in total. The predicted octanol–water partition coefficient (Wildman–Crippen LogP) is 4.18. The van der Waals surface area contributed by atoms with E-state index in [1.807, 2.05) is 11.3 Å². The molecule has 3 aromatic heterocycles. The normalized spacial score (nSPS) is 16.6. The standard InChI is InChI=1S/C21H23N5OS/c1-2-4-17-15(3-1)18-20(24-8-5-14-6-11-27-12-7-14)25-19(26-21(18)28-17)16-13-22-9-10-23-16/h6,9-10,13H,1-5,7-8,11-12H2,(H,24,25,26). The molecule has 0 amide bonds. The maximum Gasteiger partial charge on any atom is 0.183 e. The van der Waals surface area contributed by atoms with Gasteiger partial charge in [-0.25, -0.2) is 15.0 Å². The van der Waals surface area contributed by atoms with Crippen LogP contribution < -0.4 is 5.32 Å². The number of nitrogens with one attached hydrogen (secondary N) is 1. The second-order valence-corrected chi connectivity index (χ2v) is 8.33. The Kier molecular flexibility index (Phi) is 5.01. The molecule has 1 aliphatic carbocycles. The third-order valence-corrected chi connectivity index (χ3v) is 6.59. The number of aromatic nitrogens is 4. The number of fused-ring (bicyclic) bond motifs is 3. The lowest BCUT2D eigenvalue weighted by atomic mass is 9.97. The third kappa shape index (κ3) is 3.52. The van der Waals surface area contributed by atoms with Crippen molar-refractivity contribution >= 4 is 27.4 Å². The Morgan fingerprint density at radius 2 is 2.07 bits per heavy atom. The Labute approximate surface area is 168 Å². The van der Waals surface area contributed by atoms with E-state index in [1.165, 1.54) is 34.2 Å². The SMILES string of the molecule is C1=C(CCNc2nc(-c3cnccn3)nc3sc4c(c23)CCCC4)CCOC1. The second kappa shape index (κ2) is 7.93. The molecule has 0 bridgehead atoms. The van der Waals surface area contributed by atoms with Crippen LogP contribution in [-0.2, 0) is 17.6 Å². The van der Waals surface area contributed by atoms with Gasteiger partial charge in [0.25, 0.3) is 0 Å². The molecular weight excluding hydrogens is 370 g/mol. The molecule has 4 heterocycles. The van der Waals surface area contributed by atoms with Gasteiger partial charge in [0.1, 0.15) is 16.3 Å². The highest BCUT2D eigenvalue weighted by Gasteiger charge is 2.21. The van der Waals surface area contributed by atoms with Crippen molar-refractivity contribution in [2.45, 2.75) is 38.5 Å². The molecule has 7 heteroatoms. The van der Waals surface area contributed by atoms with Crippen LogP contribution in [0.1, 0.15) is 36.1 Å². The smallest absolute Gasteiger partial charge is 0.183 e. The summed E-state index contributed by atoms with van der Waals surface area (Å²) < 4.78 is 5.41. The average Bonchev–Trinajstić information content (AvgIpc) is 3.14. The first-order valence-corrected chi connectivity index (χ1v) is 10.8. The first-order chi connectivity index (χ1) is 13.9. The summed E-state index contributed by atoms with van der Waals surface area (Å²) in [6.45, 7) is 2.43. The molecule has 3 aromatic rings. The number of rotatable bonds is 5. The van der Waals surface area contributed by atoms with E-state index < -0.39 is 0 Å². The van der Waals surface area contributed by atoms with Gasteiger partial charge in [-0.15, -0.1) is 11.3 Å². The summed E-state index contributed by atoms with van der Waals surface area (Å²) >= 11 is 1.82. The van der Waals surface area contributed by atoms with Gasteiger partial charge in [-0.1, -0.05) is 11.6 Å². The minimum atomic E-state index is 0.645. The quantitative estimate of drug-likeness (QED) is 0.656. The Morgan fingerprint density at radius 3 is 2.93 bits per heavy atom. The van der Waals surface area contributed by atoms with E-state index in [-0.39, 0.29) is 0 Å². The van der Waals surface area contributed by atoms with Crippen molar-refractivity contribution in [1.82, 2.24) is 19.9 Å². The number of ether oxygens (including phenoxy) is 1. The molecule has 144 valence electrons. The van der Waals surface area contributed by atoms with Crippen LogP contribution in [0.5, 0.6) is 0 Å². The van der Waals surface area contributed by atoms with Crippen LogP contribution in [0.25, 0.3) is 21.7 Å². The third-order valence-electron chi connectivity index (χ3n) is 5.40. The highest BCUT2D eigenvalue weighted by Crippen LogP contribution is 2.39. The number of nitrogens with zero attached hydrogens (tertiary/aromatic N) is 4. The lowest BCUT2D eigenvalue weighted by Gasteiger charge is -2.15. The van der Waals surface area contributed by atoms with Crippen molar-refractivity contribution in [2.24, 2.45) is 0 Å². The largest absolute Gasteiger partial charge is 0.377 e. The number of aryl methyl sites for hydroxylation is 2. The van der Waals surface area contributed by atoms with E-state index in [2.05, 4.69) is 21.4 Å². The molecule has 0 unspecified atom stereocenters. The molecule has 0 atom stereocenters. The first kappa shape index (κ1) is 17.7. The Balaban J connectivity index is 1.50. The molecular formula is C21H23N5OS. The van der Waals surface area contributed by atoms with Gasteiger partial charge < -0.3 is 10.1 Å². The van der Waals surface area contributed by atoms with Crippen molar-refractivity contribution < 1.29 is 4.74 Å². The Bertz CT molecular complexity index is 1010. The molecule has 0 spiro atoms. The predicted molar refractivity (Wildman–Crippen MR) is 112 cm³/mol. The van der Waals surface area contributed by atoms with Gasteiger partial charge in [-0.05, 0) is 44.1 Å². The minimum Gasteiger partial charge on any atom is -0.377 e. The molecule has 0 radical (unpaired) electrons. The topological polar surface area (TPSA) is 72.8 Å². The summed E-state index contributed by atoms with van der Waals surface area (Å²) in [5.74, 6) is 1.59. The lowest BCUT2D eigenvalue weighted by molar-refractivity contribution is 0.153. The van der Waals surface area contributed by atoms with Crippen molar-refractivity contribution in [3.05, 3.63) is 40.7 Å². The summed E-state index contributed by atoms with van der Waals surface area (Å²) in [6.07, 6.45) is 14.1. The van der Waals surface area contributed by atoms with Crippen LogP contribution in [0.15, 0.2) is 30.2 Å². The summed E-state index contributed by atoms with van der Waals surface area (Å²) in [6, 6.07) is 0. The van der Waals surface area contributed by atoms with Gasteiger partial charge in [0, 0.05) is 23.8 Å². The molecule has 5 rings (SSSR count). The van der Waals surface area contributed by atoms with E-state index in [0.29, 0.717) is 11.5 Å². The van der Waals surface area contributed by atoms with Crippen LogP contribution in [0.2, 0.25) is 0 Å². The number of hydrogen-bond acceptors (Lipinski definition) is 7. The van der Waals surface area contributed by atoms with E-state index in [9.17, 15) is 0 Å². The van der Waals surface area contributed by atoms with Crippen LogP contribution in [0.3, 0.4) is 0 Å². The van der Waals surface area contributed by atoms with E-state index in [0.717, 1.165) is 56.1 Å². The van der Waals surface area contributed by atoms with Gasteiger partial charge in [0.05, 0.1) is 24.8 Å². The van der Waals surface area contributed by atoms with Crippen molar-refractivity contribution in [1.29, 1.82) is 0 Å². The molecule has 0 saturated carbocycles. The van der Waals surface area contributed by atoms with Crippen molar-refractivity contribution in [3.8, 4) is 11.5 Å². The Morgan fingerprint density at radius 1 is 1.11 bits per heavy atom. The number of anilines is 1. The average molecular weight is 394 g/mol. The van der Waals surface area contributed by atoms with Gasteiger partial charge >= 0.3 is 0 Å². The molecule has 28 heavy (non-hydrogen) atoms.